The Labute approximate surface area is 183 Å². The van der Waals surface area contributed by atoms with Crippen LogP contribution in [0, 0.1) is 11.5 Å². The van der Waals surface area contributed by atoms with E-state index in [9.17, 15) is 5.11 Å². The largest absolute Gasteiger partial charge is 0.506 e. The van der Waals surface area contributed by atoms with Crippen molar-refractivity contribution in [1.29, 1.82) is 0 Å². The number of aromatic nitrogens is 1. The first kappa shape index (κ1) is 20.9. The molecule has 0 saturated carbocycles. The van der Waals surface area contributed by atoms with Gasteiger partial charge in [0.15, 0.2) is 0 Å². The first-order valence-corrected chi connectivity index (χ1v) is 9.88. The third kappa shape index (κ3) is 4.42. The molecule has 0 unspecified atom stereocenters. The number of phenolic OH excluding ortho intramolecular Hbond substituents is 1. The quantitative estimate of drug-likeness (QED) is 0.425. The molecule has 0 fully saturated rings. The van der Waals surface area contributed by atoms with Crippen LogP contribution in [0.4, 0.5) is 0 Å². The van der Waals surface area contributed by atoms with Gasteiger partial charge in [-0.2, -0.15) is 11.8 Å². The van der Waals surface area contributed by atoms with Crippen molar-refractivity contribution >= 4 is 27.7 Å². The van der Waals surface area contributed by atoms with E-state index in [1.807, 2.05) is 30.3 Å². The second-order valence-corrected chi connectivity index (χ2v) is 8.66. The topological polar surface area (TPSA) is 54.7 Å². The number of aliphatic imine (C=N–C) groups is 1. The average Bonchev–Trinajstić information content (AvgIpc) is 3.13. The van der Waals surface area contributed by atoms with E-state index in [0.717, 1.165) is 21.7 Å². The SMILES string of the molecule is CC(C)(C)[C@H]1CSC(c2[c-]c(Oc3ccc4cccc(O)c4n3)ccc2)=N1.[Pt]. The normalized spacial score (nSPS) is 16.5. The van der Waals surface area contributed by atoms with E-state index in [4.69, 9.17) is 9.73 Å². The summed E-state index contributed by atoms with van der Waals surface area (Å²) >= 11 is 1.76. The molecule has 0 saturated heterocycles. The molecule has 2 aromatic carbocycles. The Morgan fingerprint density at radius 2 is 1.89 bits per heavy atom. The Morgan fingerprint density at radius 1 is 1.11 bits per heavy atom. The molecule has 1 N–H and O–H groups in total. The molecule has 6 heteroatoms. The maximum Gasteiger partial charge on any atom is 0.217 e. The fourth-order valence-corrected chi connectivity index (χ4v) is 4.25. The zero-order chi connectivity index (χ0) is 19.0. The second kappa shape index (κ2) is 8.26. The first-order valence-electron chi connectivity index (χ1n) is 8.90. The van der Waals surface area contributed by atoms with Gasteiger partial charge in [0.2, 0.25) is 5.88 Å². The number of fused-ring (bicyclic) bond motifs is 1. The molecule has 28 heavy (non-hydrogen) atoms. The number of hydrogen-bond donors (Lipinski definition) is 1. The smallest absolute Gasteiger partial charge is 0.217 e. The van der Waals surface area contributed by atoms with E-state index >= 15 is 0 Å². The van der Waals surface area contributed by atoms with Crippen molar-refractivity contribution < 1.29 is 30.9 Å². The maximum atomic E-state index is 10.00. The molecule has 0 radical (unpaired) electrons. The zero-order valence-corrected chi connectivity index (χ0v) is 19.0. The molecule has 4 rings (SSSR count). The predicted octanol–water partition coefficient (Wildman–Crippen LogP) is 5.44. The van der Waals surface area contributed by atoms with Crippen LogP contribution in [0.5, 0.6) is 17.4 Å². The van der Waals surface area contributed by atoms with Gasteiger partial charge in [0.1, 0.15) is 11.3 Å². The fraction of sp³-hybridized carbons (Fsp3) is 0.273. The van der Waals surface area contributed by atoms with Crippen LogP contribution in [-0.2, 0) is 21.1 Å². The van der Waals surface area contributed by atoms with Crippen LogP contribution in [0.3, 0.4) is 0 Å². The minimum absolute atomic E-state index is 0. The summed E-state index contributed by atoms with van der Waals surface area (Å²) < 4.78 is 5.89. The van der Waals surface area contributed by atoms with Gasteiger partial charge in [-0.3, -0.25) is 0 Å². The Balaban J connectivity index is 0.00000225. The van der Waals surface area contributed by atoms with E-state index in [1.165, 1.54) is 0 Å². The predicted molar refractivity (Wildman–Crippen MR) is 111 cm³/mol. The van der Waals surface area contributed by atoms with E-state index in [-0.39, 0.29) is 32.2 Å². The summed E-state index contributed by atoms with van der Waals surface area (Å²) in [7, 11) is 0. The molecule has 2 heterocycles. The standard InChI is InChI=1S/C22H21N2O2S.Pt/c1-22(2,3)18-13-27-21(23-18)15-7-4-8-16(12-15)26-19-11-10-14-6-5-9-17(25)20(14)24-19;/h4-11,18,25H,13H2,1-3H3;/q-1;/t18-;/m1./s1. The van der Waals surface area contributed by atoms with Gasteiger partial charge in [-0.05, 0) is 17.5 Å². The van der Waals surface area contributed by atoms with Gasteiger partial charge in [0.25, 0.3) is 0 Å². The number of para-hydroxylation sites is 1. The summed E-state index contributed by atoms with van der Waals surface area (Å²) in [6, 6.07) is 18.4. The molecule has 0 amide bonds. The molecule has 1 aromatic heterocycles. The summed E-state index contributed by atoms with van der Waals surface area (Å²) in [4.78, 5) is 9.29. The van der Waals surface area contributed by atoms with Gasteiger partial charge in [-0.15, -0.1) is 23.8 Å². The number of nitrogens with zero attached hydrogens (tertiary/aromatic N) is 2. The number of phenols is 1. The molecule has 1 aliphatic heterocycles. The molecule has 0 spiro atoms. The van der Waals surface area contributed by atoms with Crippen LogP contribution in [0.1, 0.15) is 26.3 Å². The van der Waals surface area contributed by atoms with Gasteiger partial charge < -0.3 is 14.8 Å². The van der Waals surface area contributed by atoms with Crippen molar-refractivity contribution in [3.63, 3.8) is 0 Å². The van der Waals surface area contributed by atoms with Gasteiger partial charge in [-0.1, -0.05) is 39.0 Å². The van der Waals surface area contributed by atoms with Crippen molar-refractivity contribution in [2.75, 3.05) is 5.75 Å². The van der Waals surface area contributed by atoms with Crippen LogP contribution in [0.25, 0.3) is 10.9 Å². The van der Waals surface area contributed by atoms with Crippen LogP contribution in [0.2, 0.25) is 0 Å². The summed E-state index contributed by atoms with van der Waals surface area (Å²) in [5.41, 5.74) is 1.61. The van der Waals surface area contributed by atoms with E-state index in [0.29, 0.717) is 23.2 Å². The van der Waals surface area contributed by atoms with E-state index < -0.39 is 0 Å². The summed E-state index contributed by atoms with van der Waals surface area (Å²) in [6.07, 6.45) is 0. The Kier molecular flexibility index (Phi) is 6.16. The van der Waals surface area contributed by atoms with Crippen molar-refractivity contribution in [2.24, 2.45) is 10.4 Å². The van der Waals surface area contributed by atoms with Crippen LogP contribution in [0.15, 0.2) is 53.5 Å². The van der Waals surface area contributed by atoms with Crippen LogP contribution >= 0.6 is 11.8 Å². The second-order valence-electron chi connectivity index (χ2n) is 7.66. The summed E-state index contributed by atoms with van der Waals surface area (Å²) in [5, 5.41) is 11.9. The molecule has 1 atom stereocenters. The number of aromatic hydroxyl groups is 1. The molecule has 3 aromatic rings. The van der Waals surface area contributed by atoms with Crippen molar-refractivity contribution in [3.05, 3.63) is 60.2 Å². The minimum Gasteiger partial charge on any atom is -0.506 e. The molecular formula is C22H21N2O2PtS-. The number of rotatable bonds is 3. The Bertz CT molecular complexity index is 1030. The molecular weight excluding hydrogens is 551 g/mol. The number of pyridine rings is 1. The summed E-state index contributed by atoms with van der Waals surface area (Å²) in [5.74, 6) is 2.13. The van der Waals surface area contributed by atoms with Gasteiger partial charge in [-0.25, -0.2) is 4.98 Å². The van der Waals surface area contributed by atoms with E-state index in [2.05, 4.69) is 31.8 Å². The number of hydrogen-bond acceptors (Lipinski definition) is 5. The van der Waals surface area contributed by atoms with Gasteiger partial charge >= 0.3 is 0 Å². The zero-order valence-electron chi connectivity index (χ0n) is 15.9. The number of ether oxygens (including phenoxy) is 1. The van der Waals surface area contributed by atoms with Crippen molar-refractivity contribution in [2.45, 2.75) is 26.8 Å². The Morgan fingerprint density at radius 3 is 2.64 bits per heavy atom. The first-order chi connectivity index (χ1) is 12.9. The van der Waals surface area contributed by atoms with Crippen molar-refractivity contribution in [3.8, 4) is 17.4 Å². The number of thioether (sulfide) groups is 1. The van der Waals surface area contributed by atoms with Gasteiger partial charge in [0.05, 0.1) is 6.04 Å². The van der Waals surface area contributed by atoms with Crippen molar-refractivity contribution in [1.82, 2.24) is 4.98 Å². The van der Waals surface area contributed by atoms with Crippen LogP contribution in [-0.4, -0.2) is 26.9 Å². The maximum absolute atomic E-state index is 10.00. The van der Waals surface area contributed by atoms with Crippen LogP contribution < -0.4 is 4.74 Å². The molecule has 0 bridgehead atoms. The molecule has 148 valence electrons. The molecule has 4 nitrogen and oxygen atoms in total. The van der Waals surface area contributed by atoms with E-state index in [1.54, 1.807) is 30.0 Å². The van der Waals surface area contributed by atoms with Gasteiger partial charge in [0, 0.05) is 49.1 Å². The monoisotopic (exact) mass is 572 g/mol. The molecule has 1 aliphatic rings. The Hall–Kier alpha value is -1.84. The molecule has 0 aliphatic carbocycles. The summed E-state index contributed by atoms with van der Waals surface area (Å²) in [6.45, 7) is 6.65. The fourth-order valence-electron chi connectivity index (χ4n) is 2.88. The number of benzene rings is 2. The third-order valence-corrected chi connectivity index (χ3v) is 5.62. The minimum atomic E-state index is 0. The average molecular weight is 573 g/mol. The third-order valence-electron chi connectivity index (χ3n) is 4.54.